The quantitative estimate of drug-likeness (QED) is 0.627. The van der Waals surface area contributed by atoms with E-state index in [2.05, 4.69) is 10.0 Å². The van der Waals surface area contributed by atoms with Crippen molar-refractivity contribution in [3.63, 3.8) is 0 Å². The standard InChI is InChI=1S/C20H13ClFN3O3S/c21-15-9-10-17(25-29(27,28)19-4-2-1-3-16(19)22)18(11-15)24-20(26)14-7-5-13(12-23)6-8-14/h1-11,25H,(H,24,26). The molecule has 146 valence electrons. The molecule has 3 aromatic rings. The molecule has 0 aliphatic rings. The minimum absolute atomic E-state index is 0.0136. The van der Waals surface area contributed by atoms with Crippen molar-refractivity contribution in [2.45, 2.75) is 4.90 Å². The van der Waals surface area contributed by atoms with Gasteiger partial charge in [-0.05, 0) is 54.6 Å². The normalized spacial score (nSPS) is 10.8. The molecule has 0 bridgehead atoms. The van der Waals surface area contributed by atoms with E-state index in [1.165, 1.54) is 54.6 Å². The number of nitrogens with zero attached hydrogens (tertiary/aromatic N) is 1. The van der Waals surface area contributed by atoms with Gasteiger partial charge in [0.25, 0.3) is 15.9 Å². The summed E-state index contributed by atoms with van der Waals surface area (Å²) < 4.78 is 41.3. The van der Waals surface area contributed by atoms with Crippen LogP contribution in [0.5, 0.6) is 0 Å². The molecular formula is C20H13ClFN3O3S. The molecule has 9 heteroatoms. The largest absolute Gasteiger partial charge is 0.320 e. The average molecular weight is 430 g/mol. The summed E-state index contributed by atoms with van der Waals surface area (Å²) in [6, 6.07) is 16.9. The molecule has 0 fully saturated rings. The van der Waals surface area contributed by atoms with Gasteiger partial charge in [-0.25, -0.2) is 12.8 Å². The van der Waals surface area contributed by atoms with Crippen molar-refractivity contribution >= 4 is 38.9 Å². The maximum Gasteiger partial charge on any atom is 0.264 e. The summed E-state index contributed by atoms with van der Waals surface area (Å²) in [5.74, 6) is -1.44. The second-order valence-electron chi connectivity index (χ2n) is 5.87. The van der Waals surface area contributed by atoms with E-state index in [4.69, 9.17) is 16.9 Å². The number of anilines is 2. The summed E-state index contributed by atoms with van der Waals surface area (Å²) in [5, 5.41) is 11.7. The molecule has 3 rings (SSSR count). The first-order chi connectivity index (χ1) is 13.8. The molecule has 0 unspecified atom stereocenters. The molecule has 0 radical (unpaired) electrons. The van der Waals surface area contributed by atoms with Crippen molar-refractivity contribution in [3.05, 3.63) is 88.7 Å². The van der Waals surface area contributed by atoms with Crippen LogP contribution in [0.1, 0.15) is 15.9 Å². The van der Waals surface area contributed by atoms with E-state index in [-0.39, 0.29) is 22.0 Å². The molecule has 6 nitrogen and oxygen atoms in total. The van der Waals surface area contributed by atoms with Crippen LogP contribution in [0.3, 0.4) is 0 Å². The Bertz CT molecular complexity index is 1220. The maximum absolute atomic E-state index is 13.9. The summed E-state index contributed by atoms with van der Waals surface area (Å²) in [6.45, 7) is 0. The summed E-state index contributed by atoms with van der Waals surface area (Å²) in [6.07, 6.45) is 0. The van der Waals surface area contributed by atoms with Gasteiger partial charge in [0.15, 0.2) is 0 Å². The van der Waals surface area contributed by atoms with Crippen molar-refractivity contribution in [2.24, 2.45) is 0 Å². The van der Waals surface area contributed by atoms with Gasteiger partial charge in [-0.2, -0.15) is 5.26 Å². The van der Waals surface area contributed by atoms with Crippen molar-refractivity contribution in [1.82, 2.24) is 0 Å². The Morgan fingerprint density at radius 1 is 1.00 bits per heavy atom. The summed E-state index contributed by atoms with van der Waals surface area (Å²) in [7, 11) is -4.24. The fourth-order valence-electron chi connectivity index (χ4n) is 2.46. The Kier molecular flexibility index (Phi) is 5.82. The highest BCUT2D eigenvalue weighted by atomic mass is 35.5. The lowest BCUT2D eigenvalue weighted by molar-refractivity contribution is 0.102. The minimum atomic E-state index is -4.24. The molecule has 0 saturated carbocycles. The number of amides is 1. The molecule has 0 heterocycles. The van der Waals surface area contributed by atoms with E-state index in [0.717, 1.165) is 12.1 Å². The molecule has 29 heavy (non-hydrogen) atoms. The molecule has 0 aliphatic carbocycles. The predicted octanol–water partition coefficient (Wildman–Crippen LogP) is 4.40. The van der Waals surface area contributed by atoms with Gasteiger partial charge in [0.2, 0.25) is 0 Å². The SMILES string of the molecule is N#Cc1ccc(C(=O)Nc2cc(Cl)ccc2NS(=O)(=O)c2ccccc2F)cc1. The van der Waals surface area contributed by atoms with Gasteiger partial charge in [-0.15, -0.1) is 0 Å². The third kappa shape index (κ3) is 4.71. The Morgan fingerprint density at radius 3 is 2.34 bits per heavy atom. The van der Waals surface area contributed by atoms with Crippen LogP contribution in [-0.2, 0) is 10.0 Å². The van der Waals surface area contributed by atoms with Gasteiger partial charge < -0.3 is 5.32 Å². The number of carbonyl (C=O) groups is 1. The van der Waals surface area contributed by atoms with Crippen molar-refractivity contribution < 1.29 is 17.6 Å². The van der Waals surface area contributed by atoms with E-state index in [0.29, 0.717) is 5.56 Å². The smallest absolute Gasteiger partial charge is 0.264 e. The predicted molar refractivity (Wildman–Crippen MR) is 108 cm³/mol. The highest BCUT2D eigenvalue weighted by molar-refractivity contribution is 7.92. The highest BCUT2D eigenvalue weighted by Crippen LogP contribution is 2.29. The third-order valence-electron chi connectivity index (χ3n) is 3.88. The van der Waals surface area contributed by atoms with Crippen LogP contribution in [0.25, 0.3) is 0 Å². The number of nitrogens with one attached hydrogen (secondary N) is 2. The van der Waals surface area contributed by atoms with Crippen molar-refractivity contribution in [1.29, 1.82) is 5.26 Å². The van der Waals surface area contributed by atoms with Gasteiger partial charge in [0.05, 0.1) is 23.0 Å². The van der Waals surface area contributed by atoms with Crippen LogP contribution >= 0.6 is 11.6 Å². The van der Waals surface area contributed by atoms with E-state index in [9.17, 15) is 17.6 Å². The Morgan fingerprint density at radius 2 is 1.69 bits per heavy atom. The minimum Gasteiger partial charge on any atom is -0.320 e. The van der Waals surface area contributed by atoms with Gasteiger partial charge >= 0.3 is 0 Å². The fraction of sp³-hybridized carbons (Fsp3) is 0. The van der Waals surface area contributed by atoms with Crippen LogP contribution < -0.4 is 10.0 Å². The number of benzene rings is 3. The van der Waals surface area contributed by atoms with E-state index >= 15 is 0 Å². The van der Waals surface area contributed by atoms with Crippen molar-refractivity contribution in [3.8, 4) is 6.07 Å². The van der Waals surface area contributed by atoms with Crippen molar-refractivity contribution in [2.75, 3.05) is 10.0 Å². The monoisotopic (exact) mass is 429 g/mol. The summed E-state index contributed by atoms with van der Waals surface area (Å²) >= 11 is 5.97. The number of hydrogen-bond acceptors (Lipinski definition) is 4. The van der Waals surface area contributed by atoms with Gasteiger partial charge in [0.1, 0.15) is 10.7 Å². The molecule has 0 aliphatic heterocycles. The van der Waals surface area contributed by atoms with Gasteiger partial charge in [-0.1, -0.05) is 23.7 Å². The van der Waals surface area contributed by atoms with E-state index < -0.39 is 26.6 Å². The number of halogens is 2. The number of rotatable bonds is 5. The van der Waals surface area contributed by atoms with Gasteiger partial charge in [-0.3, -0.25) is 9.52 Å². The zero-order chi connectivity index (χ0) is 21.0. The Balaban J connectivity index is 1.91. The third-order valence-corrected chi connectivity index (χ3v) is 5.51. The zero-order valence-corrected chi connectivity index (χ0v) is 16.3. The summed E-state index contributed by atoms with van der Waals surface area (Å²) in [4.78, 5) is 12.0. The molecule has 0 atom stereocenters. The first-order valence-electron chi connectivity index (χ1n) is 8.18. The first-order valence-corrected chi connectivity index (χ1v) is 10.0. The Hall–Kier alpha value is -3.41. The molecule has 3 aromatic carbocycles. The topological polar surface area (TPSA) is 99.1 Å². The molecular weight excluding hydrogens is 417 g/mol. The van der Waals surface area contributed by atoms with Crippen LogP contribution in [0.4, 0.5) is 15.8 Å². The molecule has 0 aromatic heterocycles. The molecule has 0 saturated heterocycles. The lowest BCUT2D eigenvalue weighted by Gasteiger charge is -2.14. The first kappa shape index (κ1) is 20.3. The fourth-order valence-corrected chi connectivity index (χ4v) is 3.79. The second kappa shape index (κ2) is 8.31. The van der Waals surface area contributed by atoms with Gasteiger partial charge in [0, 0.05) is 10.6 Å². The Labute approximate surface area is 171 Å². The number of sulfonamides is 1. The number of carbonyl (C=O) groups excluding carboxylic acids is 1. The van der Waals surface area contributed by atoms with E-state index in [1.807, 2.05) is 6.07 Å². The molecule has 2 N–H and O–H groups in total. The van der Waals surface area contributed by atoms with Crippen LogP contribution in [-0.4, -0.2) is 14.3 Å². The van der Waals surface area contributed by atoms with Crippen LogP contribution in [0.2, 0.25) is 5.02 Å². The number of nitriles is 1. The summed E-state index contributed by atoms with van der Waals surface area (Å²) in [5.41, 5.74) is 0.751. The maximum atomic E-state index is 13.9. The lowest BCUT2D eigenvalue weighted by Crippen LogP contribution is -2.18. The van der Waals surface area contributed by atoms with E-state index in [1.54, 1.807) is 0 Å². The average Bonchev–Trinajstić information content (AvgIpc) is 2.70. The lowest BCUT2D eigenvalue weighted by atomic mass is 10.1. The van der Waals surface area contributed by atoms with Crippen LogP contribution in [0.15, 0.2) is 71.6 Å². The molecule has 0 spiro atoms. The highest BCUT2D eigenvalue weighted by Gasteiger charge is 2.21. The molecule has 1 amide bonds. The second-order valence-corrected chi connectivity index (χ2v) is 7.96. The van der Waals surface area contributed by atoms with Crippen LogP contribution in [0, 0.1) is 17.1 Å². The number of hydrogen-bond donors (Lipinski definition) is 2. The zero-order valence-electron chi connectivity index (χ0n) is 14.7.